The predicted octanol–water partition coefficient (Wildman–Crippen LogP) is 5.99. The van der Waals surface area contributed by atoms with Crippen LogP contribution in [0.1, 0.15) is 71.4 Å². The molecule has 2 aromatic rings. The van der Waals surface area contributed by atoms with Crippen LogP contribution in [0.25, 0.3) is 0 Å². The van der Waals surface area contributed by atoms with Crippen molar-refractivity contribution in [2.75, 3.05) is 32.9 Å². The van der Waals surface area contributed by atoms with E-state index in [0.717, 1.165) is 31.7 Å². The third-order valence-electron chi connectivity index (χ3n) is 6.46. The fourth-order valence-corrected chi connectivity index (χ4v) is 4.55. The molecule has 6 heteroatoms. The number of esters is 1. The molecule has 204 valence electrons. The molecule has 1 heterocycles. The van der Waals surface area contributed by atoms with Gasteiger partial charge < -0.3 is 18.9 Å². The van der Waals surface area contributed by atoms with Crippen molar-refractivity contribution in [2.45, 2.75) is 84.2 Å². The van der Waals surface area contributed by atoms with Gasteiger partial charge in [0.15, 0.2) is 0 Å². The molecular formula is C31H45NO5. The molecule has 0 aromatic heterocycles. The number of likely N-dealkylation sites (tertiary alicyclic amines) is 1. The molecular weight excluding hydrogens is 466 g/mol. The second-order valence-corrected chi connectivity index (χ2v) is 11.8. The SMILES string of the molecule is CC(C)(C)OC(=O)COC1CN(C(C)(C)C)CCC1c1ccc(OCCCOCc2ccccc2)cc1. The summed E-state index contributed by atoms with van der Waals surface area (Å²) in [5, 5.41) is 0. The average molecular weight is 512 g/mol. The van der Waals surface area contributed by atoms with Crippen LogP contribution in [0.15, 0.2) is 54.6 Å². The molecule has 1 saturated heterocycles. The summed E-state index contributed by atoms with van der Waals surface area (Å²) in [5.74, 6) is 0.738. The molecule has 37 heavy (non-hydrogen) atoms. The predicted molar refractivity (Wildman–Crippen MR) is 147 cm³/mol. The van der Waals surface area contributed by atoms with Crippen LogP contribution in [0.4, 0.5) is 0 Å². The maximum absolute atomic E-state index is 12.3. The van der Waals surface area contributed by atoms with Gasteiger partial charge in [-0.1, -0.05) is 42.5 Å². The first-order valence-corrected chi connectivity index (χ1v) is 13.4. The molecule has 0 amide bonds. The molecule has 3 rings (SSSR count). The Balaban J connectivity index is 1.50. The van der Waals surface area contributed by atoms with Crippen LogP contribution >= 0.6 is 0 Å². The molecule has 6 nitrogen and oxygen atoms in total. The normalized spacial score (nSPS) is 19.0. The monoisotopic (exact) mass is 511 g/mol. The minimum absolute atomic E-state index is 0.0377. The highest BCUT2D eigenvalue weighted by Gasteiger charge is 2.36. The summed E-state index contributed by atoms with van der Waals surface area (Å²) in [6.07, 6.45) is 1.71. The van der Waals surface area contributed by atoms with Crippen molar-refractivity contribution in [3.05, 3.63) is 65.7 Å². The van der Waals surface area contributed by atoms with E-state index in [1.54, 1.807) is 0 Å². The van der Waals surface area contributed by atoms with Gasteiger partial charge in [0.1, 0.15) is 18.0 Å². The Morgan fingerprint density at radius 2 is 1.65 bits per heavy atom. The Kier molecular flexibility index (Phi) is 10.6. The molecule has 0 N–H and O–H groups in total. The van der Waals surface area contributed by atoms with Crippen LogP contribution < -0.4 is 4.74 Å². The van der Waals surface area contributed by atoms with E-state index in [2.05, 4.69) is 49.9 Å². The molecule has 1 fully saturated rings. The fraction of sp³-hybridized carbons (Fsp3) is 0.581. The van der Waals surface area contributed by atoms with Gasteiger partial charge in [-0.3, -0.25) is 4.90 Å². The van der Waals surface area contributed by atoms with Gasteiger partial charge in [-0.05, 0) is 77.8 Å². The van der Waals surface area contributed by atoms with Crippen molar-refractivity contribution in [3.63, 3.8) is 0 Å². The summed E-state index contributed by atoms with van der Waals surface area (Å²) in [6, 6.07) is 18.5. The smallest absolute Gasteiger partial charge is 0.332 e. The standard InChI is InChI=1S/C31H45NO5/c1-30(2,3)32-18-17-27(28(21-32)36-23-29(33)37-31(4,5)6)25-13-15-26(16-14-25)35-20-10-19-34-22-24-11-8-7-9-12-24/h7-9,11-16,27-28H,10,17-23H2,1-6H3. The number of carbonyl (C=O) groups is 1. The lowest BCUT2D eigenvalue weighted by Gasteiger charge is -2.44. The van der Waals surface area contributed by atoms with Gasteiger partial charge in [-0.25, -0.2) is 4.79 Å². The minimum atomic E-state index is -0.520. The van der Waals surface area contributed by atoms with Crippen LogP contribution in [0, 0.1) is 0 Å². The highest BCUT2D eigenvalue weighted by atomic mass is 16.6. The van der Waals surface area contributed by atoms with Crippen LogP contribution in [0.5, 0.6) is 5.75 Å². The van der Waals surface area contributed by atoms with E-state index < -0.39 is 5.60 Å². The number of hydrogen-bond acceptors (Lipinski definition) is 6. The second-order valence-electron chi connectivity index (χ2n) is 11.8. The number of nitrogens with zero attached hydrogens (tertiary/aromatic N) is 1. The molecule has 0 radical (unpaired) electrons. The van der Waals surface area contributed by atoms with E-state index in [-0.39, 0.29) is 30.1 Å². The quantitative estimate of drug-likeness (QED) is 0.273. The lowest BCUT2D eigenvalue weighted by molar-refractivity contribution is -0.164. The molecule has 2 aromatic carbocycles. The summed E-state index contributed by atoms with van der Waals surface area (Å²) in [5.41, 5.74) is 1.91. The van der Waals surface area contributed by atoms with Crippen molar-refractivity contribution < 1.29 is 23.7 Å². The van der Waals surface area contributed by atoms with Gasteiger partial charge in [0, 0.05) is 24.4 Å². The Bertz CT molecular complexity index is 946. The summed E-state index contributed by atoms with van der Waals surface area (Å²) in [4.78, 5) is 14.8. The molecule has 0 aliphatic carbocycles. The van der Waals surface area contributed by atoms with Crippen molar-refractivity contribution in [3.8, 4) is 5.75 Å². The fourth-order valence-electron chi connectivity index (χ4n) is 4.55. The Morgan fingerprint density at radius 1 is 0.946 bits per heavy atom. The lowest BCUT2D eigenvalue weighted by atomic mass is 9.85. The highest BCUT2D eigenvalue weighted by molar-refractivity contribution is 5.71. The molecule has 2 unspecified atom stereocenters. The number of hydrogen-bond donors (Lipinski definition) is 0. The first-order valence-electron chi connectivity index (χ1n) is 13.4. The van der Waals surface area contributed by atoms with Crippen molar-refractivity contribution in [1.82, 2.24) is 4.90 Å². The molecule has 1 aliphatic heterocycles. The highest BCUT2D eigenvalue weighted by Crippen LogP contribution is 2.34. The minimum Gasteiger partial charge on any atom is -0.494 e. The van der Waals surface area contributed by atoms with Crippen LogP contribution in [0.2, 0.25) is 0 Å². The van der Waals surface area contributed by atoms with E-state index in [0.29, 0.717) is 19.8 Å². The second kappa shape index (κ2) is 13.4. The molecule has 0 saturated carbocycles. The Labute approximate surface area is 223 Å². The summed E-state index contributed by atoms with van der Waals surface area (Å²) < 4.78 is 23.3. The van der Waals surface area contributed by atoms with E-state index in [9.17, 15) is 4.79 Å². The maximum atomic E-state index is 12.3. The van der Waals surface area contributed by atoms with Gasteiger partial charge >= 0.3 is 5.97 Å². The molecule has 1 aliphatic rings. The summed E-state index contributed by atoms with van der Waals surface area (Å²) in [7, 11) is 0. The van der Waals surface area contributed by atoms with Gasteiger partial charge in [-0.15, -0.1) is 0 Å². The number of ether oxygens (including phenoxy) is 4. The first-order chi connectivity index (χ1) is 17.5. The summed E-state index contributed by atoms with van der Waals surface area (Å²) in [6.45, 7) is 15.9. The first kappa shape index (κ1) is 29.2. The topological polar surface area (TPSA) is 57.2 Å². The summed E-state index contributed by atoms with van der Waals surface area (Å²) >= 11 is 0. The molecule has 0 spiro atoms. The lowest BCUT2D eigenvalue weighted by Crippen LogP contribution is -2.52. The third kappa shape index (κ3) is 10.1. The van der Waals surface area contributed by atoms with E-state index in [1.165, 1.54) is 11.1 Å². The number of benzene rings is 2. The van der Waals surface area contributed by atoms with Crippen molar-refractivity contribution >= 4 is 5.97 Å². The zero-order valence-corrected chi connectivity index (χ0v) is 23.5. The van der Waals surface area contributed by atoms with Gasteiger partial charge in [-0.2, -0.15) is 0 Å². The van der Waals surface area contributed by atoms with Crippen LogP contribution in [-0.2, 0) is 25.6 Å². The number of piperidine rings is 1. The zero-order chi connectivity index (χ0) is 26.9. The Hall–Kier alpha value is -2.41. The van der Waals surface area contributed by atoms with Crippen LogP contribution in [0.3, 0.4) is 0 Å². The van der Waals surface area contributed by atoms with E-state index in [1.807, 2.05) is 51.1 Å². The maximum Gasteiger partial charge on any atom is 0.332 e. The van der Waals surface area contributed by atoms with Crippen molar-refractivity contribution in [2.24, 2.45) is 0 Å². The van der Waals surface area contributed by atoms with E-state index in [4.69, 9.17) is 18.9 Å². The van der Waals surface area contributed by atoms with Gasteiger partial charge in [0.2, 0.25) is 0 Å². The van der Waals surface area contributed by atoms with Gasteiger partial charge in [0.25, 0.3) is 0 Å². The molecule has 2 atom stereocenters. The van der Waals surface area contributed by atoms with Crippen LogP contribution in [-0.4, -0.2) is 61.0 Å². The number of rotatable bonds is 11. The zero-order valence-electron chi connectivity index (χ0n) is 23.5. The largest absolute Gasteiger partial charge is 0.494 e. The van der Waals surface area contributed by atoms with E-state index >= 15 is 0 Å². The average Bonchev–Trinajstić information content (AvgIpc) is 2.84. The van der Waals surface area contributed by atoms with Gasteiger partial charge in [0.05, 0.1) is 25.9 Å². The Morgan fingerprint density at radius 3 is 2.30 bits per heavy atom. The molecule has 0 bridgehead atoms. The number of carbonyl (C=O) groups excluding carboxylic acids is 1. The third-order valence-corrected chi connectivity index (χ3v) is 6.46. The van der Waals surface area contributed by atoms with Crippen molar-refractivity contribution in [1.29, 1.82) is 0 Å².